The van der Waals surface area contributed by atoms with Crippen molar-refractivity contribution in [1.29, 1.82) is 0 Å². The van der Waals surface area contributed by atoms with Gasteiger partial charge < -0.3 is 0 Å². The van der Waals surface area contributed by atoms with Gasteiger partial charge >= 0.3 is 0 Å². The lowest BCUT2D eigenvalue weighted by Gasteiger charge is -2.57. The van der Waals surface area contributed by atoms with E-state index >= 15 is 0 Å². The zero-order valence-electron chi connectivity index (χ0n) is 15.1. The number of amides is 1. The normalized spacial score (nSPS) is 39.9. The van der Waals surface area contributed by atoms with Gasteiger partial charge in [-0.3, -0.25) is 10.2 Å². The van der Waals surface area contributed by atoms with E-state index in [1.165, 1.54) is 24.8 Å². The number of nitrogens with one attached hydrogen (secondary N) is 1. The van der Waals surface area contributed by atoms with Gasteiger partial charge in [0.25, 0.3) is 0 Å². The molecule has 3 rings (SSSR count). The summed E-state index contributed by atoms with van der Waals surface area (Å²) >= 11 is 0. The van der Waals surface area contributed by atoms with E-state index in [2.05, 4.69) is 45.3 Å². The molecule has 3 heteroatoms. The summed E-state index contributed by atoms with van der Waals surface area (Å²) in [7, 11) is 0. The van der Waals surface area contributed by atoms with Gasteiger partial charge in [-0.2, -0.15) is 0 Å². The van der Waals surface area contributed by atoms with E-state index in [1.807, 2.05) is 0 Å². The zero-order valence-corrected chi connectivity index (χ0v) is 15.1. The molecule has 0 spiro atoms. The highest BCUT2D eigenvalue weighted by molar-refractivity contribution is 5.82. The summed E-state index contributed by atoms with van der Waals surface area (Å²) in [6.45, 7) is 9.16. The second-order valence-corrected chi connectivity index (χ2v) is 8.71. The highest BCUT2D eigenvalue weighted by atomic mass is 16.2. The molecule has 3 aliphatic carbocycles. The van der Waals surface area contributed by atoms with Crippen molar-refractivity contribution in [2.45, 2.75) is 66.2 Å². The van der Waals surface area contributed by atoms with Crippen molar-refractivity contribution in [1.82, 2.24) is 5.43 Å². The predicted octanol–water partition coefficient (Wildman–Crippen LogP) is 4.11. The maximum absolute atomic E-state index is 12.5. The second-order valence-electron chi connectivity index (χ2n) is 8.71. The summed E-state index contributed by atoms with van der Waals surface area (Å²) in [4.78, 5) is 12.5. The van der Waals surface area contributed by atoms with Gasteiger partial charge in [0.1, 0.15) is 0 Å². The molecule has 0 bridgehead atoms. The molecule has 4 atom stereocenters. The van der Waals surface area contributed by atoms with Crippen molar-refractivity contribution in [2.75, 3.05) is 0 Å². The minimum Gasteiger partial charge on any atom is -0.294 e. The number of carbonyl (C=O) groups is 1. The largest absolute Gasteiger partial charge is 0.294 e. The molecular weight excluding hydrogens is 284 g/mol. The molecule has 3 aliphatic rings. The number of hydrazine groups is 1. The van der Waals surface area contributed by atoms with Crippen molar-refractivity contribution >= 4 is 5.91 Å². The van der Waals surface area contributed by atoms with E-state index in [-0.39, 0.29) is 16.7 Å². The number of nitrogens with two attached hydrogens (primary N) is 1. The summed E-state index contributed by atoms with van der Waals surface area (Å²) in [5.41, 5.74) is 5.47. The molecule has 1 saturated carbocycles. The monoisotopic (exact) mass is 316 g/mol. The summed E-state index contributed by atoms with van der Waals surface area (Å²) in [5, 5.41) is 0. The highest BCUT2D eigenvalue weighted by Gasteiger charge is 2.56. The van der Waals surface area contributed by atoms with Gasteiger partial charge in [0.15, 0.2) is 0 Å². The topological polar surface area (TPSA) is 55.1 Å². The van der Waals surface area contributed by atoms with Crippen LogP contribution in [0.15, 0.2) is 23.3 Å². The van der Waals surface area contributed by atoms with Gasteiger partial charge in [0.05, 0.1) is 5.41 Å². The van der Waals surface area contributed by atoms with E-state index in [1.54, 1.807) is 5.57 Å². The molecule has 0 unspecified atom stereocenters. The van der Waals surface area contributed by atoms with E-state index in [9.17, 15) is 4.79 Å². The fourth-order valence-corrected chi connectivity index (χ4v) is 5.78. The molecule has 1 fully saturated rings. The van der Waals surface area contributed by atoms with Crippen LogP contribution < -0.4 is 11.3 Å². The summed E-state index contributed by atoms with van der Waals surface area (Å²) < 4.78 is 0. The first-order chi connectivity index (χ1) is 10.8. The molecule has 128 valence electrons. The third kappa shape index (κ3) is 2.48. The third-order valence-corrected chi connectivity index (χ3v) is 7.23. The molecule has 0 aromatic rings. The number of fused-ring (bicyclic) bond motifs is 3. The van der Waals surface area contributed by atoms with Crippen LogP contribution in [0.3, 0.4) is 0 Å². The van der Waals surface area contributed by atoms with E-state index < -0.39 is 0 Å². The molecule has 3 N–H and O–H groups in total. The van der Waals surface area contributed by atoms with E-state index in [0.717, 1.165) is 19.3 Å². The number of hydrogen-bond donors (Lipinski definition) is 2. The molecule has 0 aliphatic heterocycles. The average Bonchev–Trinajstić information content (AvgIpc) is 2.53. The minimum atomic E-state index is -0.328. The first-order valence-electron chi connectivity index (χ1n) is 9.24. The SMILES string of the molecule is CC(C)C1=CC2=CC[C@@H]3[C@](C)(CCC[C@@]3(C)C(=O)NN)[C@H]2CC1. The molecule has 0 aromatic carbocycles. The van der Waals surface area contributed by atoms with Crippen molar-refractivity contribution in [2.24, 2.45) is 34.4 Å². The third-order valence-electron chi connectivity index (χ3n) is 7.23. The molecule has 23 heavy (non-hydrogen) atoms. The zero-order chi connectivity index (χ0) is 16.8. The van der Waals surface area contributed by atoms with Crippen LogP contribution in [0, 0.1) is 28.6 Å². The number of rotatable bonds is 2. The summed E-state index contributed by atoms with van der Waals surface area (Å²) in [6.07, 6.45) is 11.7. The standard InChI is InChI=1S/C20H32N2O/c1-13(2)14-6-8-16-15(12-14)7-9-17-19(16,3)10-5-11-20(17,4)18(23)22-21/h7,12-13,16-17H,5-6,8-11,21H2,1-4H3,(H,22,23)/t16-,17+,19+,20+/m0/s1. The fraction of sp³-hybridized carbons (Fsp3) is 0.750. The van der Waals surface area contributed by atoms with Crippen LogP contribution in [-0.4, -0.2) is 5.91 Å². The quantitative estimate of drug-likeness (QED) is 0.457. The predicted molar refractivity (Wildman–Crippen MR) is 94.2 cm³/mol. The fourth-order valence-electron chi connectivity index (χ4n) is 5.78. The summed E-state index contributed by atoms with van der Waals surface area (Å²) in [5.74, 6) is 7.18. The lowest BCUT2D eigenvalue weighted by atomic mass is 9.46. The molecule has 0 aromatic heterocycles. The Balaban J connectivity index is 1.99. The average molecular weight is 316 g/mol. The van der Waals surface area contributed by atoms with Gasteiger partial charge in [0, 0.05) is 0 Å². The minimum absolute atomic E-state index is 0.0273. The first kappa shape index (κ1) is 16.8. The Hall–Kier alpha value is -1.09. The van der Waals surface area contributed by atoms with Crippen LogP contribution in [-0.2, 0) is 4.79 Å². The maximum atomic E-state index is 12.5. The van der Waals surface area contributed by atoms with Gasteiger partial charge in [0.2, 0.25) is 5.91 Å². The van der Waals surface area contributed by atoms with Gasteiger partial charge in [-0.25, -0.2) is 5.84 Å². The van der Waals surface area contributed by atoms with Crippen LogP contribution in [0.4, 0.5) is 0 Å². The molecular formula is C20H32N2O. The summed E-state index contributed by atoms with van der Waals surface area (Å²) in [6, 6.07) is 0. The van der Waals surface area contributed by atoms with Crippen molar-refractivity contribution in [3.8, 4) is 0 Å². The van der Waals surface area contributed by atoms with Crippen molar-refractivity contribution in [3.63, 3.8) is 0 Å². The lowest BCUT2D eigenvalue weighted by Crippen LogP contribution is -2.56. The Labute approximate surface area is 140 Å². The molecule has 1 amide bonds. The Kier molecular flexibility index (Phi) is 4.20. The number of carbonyl (C=O) groups excluding carboxylic acids is 1. The Morgan fingerprint density at radius 2 is 2.09 bits per heavy atom. The molecule has 0 saturated heterocycles. The number of hydrogen-bond acceptors (Lipinski definition) is 2. The second kappa shape index (κ2) is 5.77. The van der Waals surface area contributed by atoms with Crippen LogP contribution >= 0.6 is 0 Å². The first-order valence-corrected chi connectivity index (χ1v) is 9.24. The lowest BCUT2D eigenvalue weighted by molar-refractivity contribution is -0.144. The van der Waals surface area contributed by atoms with Crippen LogP contribution in [0.5, 0.6) is 0 Å². The molecule has 3 nitrogen and oxygen atoms in total. The smallest absolute Gasteiger partial charge is 0.240 e. The van der Waals surface area contributed by atoms with Crippen molar-refractivity contribution < 1.29 is 4.79 Å². The van der Waals surface area contributed by atoms with E-state index in [0.29, 0.717) is 17.8 Å². The maximum Gasteiger partial charge on any atom is 0.240 e. The van der Waals surface area contributed by atoms with Gasteiger partial charge in [-0.05, 0) is 60.8 Å². The van der Waals surface area contributed by atoms with Gasteiger partial charge in [-0.1, -0.05) is 51.8 Å². The van der Waals surface area contributed by atoms with Crippen molar-refractivity contribution in [3.05, 3.63) is 23.3 Å². The number of allylic oxidation sites excluding steroid dienone is 4. The van der Waals surface area contributed by atoms with Crippen LogP contribution in [0.2, 0.25) is 0 Å². The Bertz CT molecular complexity index is 562. The van der Waals surface area contributed by atoms with Crippen LogP contribution in [0.25, 0.3) is 0 Å². The molecule has 0 heterocycles. The Morgan fingerprint density at radius 3 is 2.74 bits per heavy atom. The van der Waals surface area contributed by atoms with Gasteiger partial charge in [-0.15, -0.1) is 0 Å². The molecule has 0 radical (unpaired) electrons. The Morgan fingerprint density at radius 1 is 1.35 bits per heavy atom. The van der Waals surface area contributed by atoms with Crippen LogP contribution in [0.1, 0.15) is 66.2 Å². The highest BCUT2D eigenvalue weighted by Crippen LogP contribution is 2.62. The van der Waals surface area contributed by atoms with E-state index in [4.69, 9.17) is 5.84 Å².